The number of pyridine rings is 1. The van der Waals surface area contributed by atoms with Gasteiger partial charge in [-0.2, -0.15) is 5.26 Å². The van der Waals surface area contributed by atoms with E-state index in [0.717, 1.165) is 25.9 Å². The number of nitrogens with one attached hydrogen (secondary N) is 1. The molecule has 0 atom stereocenters. The van der Waals surface area contributed by atoms with Crippen LogP contribution in [0, 0.1) is 11.3 Å². The normalized spacial score (nSPS) is 16.1. The molecule has 0 spiro atoms. The molecule has 7 nitrogen and oxygen atoms in total. The summed E-state index contributed by atoms with van der Waals surface area (Å²) in [5, 5.41) is 13.1. The highest BCUT2D eigenvalue weighted by molar-refractivity contribution is 9.10. The minimum atomic E-state index is -0.599. The Bertz CT molecular complexity index is 819. The van der Waals surface area contributed by atoms with Crippen LogP contribution in [-0.4, -0.2) is 49.1 Å². The molecule has 8 heteroatoms. The molecule has 0 aliphatic carbocycles. The molecule has 0 amide bonds. The van der Waals surface area contributed by atoms with Gasteiger partial charge in [-0.25, -0.2) is 9.78 Å². The van der Waals surface area contributed by atoms with Gasteiger partial charge < -0.3 is 19.4 Å². The van der Waals surface area contributed by atoms with E-state index in [-0.39, 0.29) is 23.1 Å². The van der Waals surface area contributed by atoms with Crippen LogP contribution in [0.25, 0.3) is 11.0 Å². The SMILES string of the molecule is COC(=O)c1nc(NC2CCN(C)CC2)c(Br)c2cc(C#N)oc12. The number of nitrogens with zero attached hydrogens (tertiary/aromatic N) is 3. The fourth-order valence-corrected chi connectivity index (χ4v) is 3.30. The van der Waals surface area contributed by atoms with Crippen molar-refractivity contribution in [1.82, 2.24) is 9.88 Å². The third-order valence-corrected chi connectivity index (χ3v) is 4.97. The summed E-state index contributed by atoms with van der Waals surface area (Å²) in [6.45, 7) is 2.01. The average molecular weight is 393 g/mol. The van der Waals surface area contributed by atoms with Gasteiger partial charge in [-0.1, -0.05) is 0 Å². The van der Waals surface area contributed by atoms with Crippen molar-refractivity contribution in [2.75, 3.05) is 32.6 Å². The summed E-state index contributed by atoms with van der Waals surface area (Å²) in [4.78, 5) is 18.7. The Kier molecular flexibility index (Phi) is 4.73. The highest BCUT2D eigenvalue weighted by Gasteiger charge is 2.24. The second-order valence-corrected chi connectivity index (χ2v) is 6.59. The minimum Gasteiger partial charge on any atom is -0.464 e. The lowest BCUT2D eigenvalue weighted by Crippen LogP contribution is -2.37. The number of aromatic nitrogens is 1. The van der Waals surface area contributed by atoms with E-state index in [1.807, 2.05) is 6.07 Å². The first-order valence-corrected chi connectivity index (χ1v) is 8.39. The van der Waals surface area contributed by atoms with Crippen LogP contribution in [-0.2, 0) is 4.74 Å². The van der Waals surface area contributed by atoms with E-state index in [2.05, 4.69) is 38.2 Å². The maximum Gasteiger partial charge on any atom is 0.360 e. The van der Waals surface area contributed by atoms with Gasteiger partial charge in [0, 0.05) is 17.5 Å². The van der Waals surface area contributed by atoms with Gasteiger partial charge in [0.1, 0.15) is 11.9 Å². The fraction of sp³-hybridized carbons (Fsp3) is 0.438. The van der Waals surface area contributed by atoms with Crippen molar-refractivity contribution < 1.29 is 13.9 Å². The number of fused-ring (bicyclic) bond motifs is 1. The van der Waals surface area contributed by atoms with Crippen LogP contribution in [0.5, 0.6) is 0 Å². The monoisotopic (exact) mass is 392 g/mol. The zero-order valence-electron chi connectivity index (χ0n) is 13.4. The molecule has 0 aromatic carbocycles. The first-order valence-electron chi connectivity index (χ1n) is 7.60. The number of carbonyl (C=O) groups excluding carboxylic acids is 1. The van der Waals surface area contributed by atoms with Crippen LogP contribution >= 0.6 is 15.9 Å². The summed E-state index contributed by atoms with van der Waals surface area (Å²) in [5.41, 5.74) is 0.312. The van der Waals surface area contributed by atoms with Gasteiger partial charge in [-0.15, -0.1) is 0 Å². The maximum absolute atomic E-state index is 12.0. The number of hydrogen-bond donors (Lipinski definition) is 1. The largest absolute Gasteiger partial charge is 0.464 e. The Morgan fingerprint density at radius 3 is 2.88 bits per heavy atom. The van der Waals surface area contributed by atoms with Gasteiger partial charge in [0.05, 0.1) is 11.6 Å². The molecular formula is C16H17BrN4O3. The van der Waals surface area contributed by atoms with Crippen molar-refractivity contribution in [3.8, 4) is 6.07 Å². The quantitative estimate of drug-likeness (QED) is 0.802. The summed E-state index contributed by atoms with van der Waals surface area (Å²) in [6.07, 6.45) is 1.98. The molecule has 3 rings (SSSR count). The molecule has 126 valence electrons. The van der Waals surface area contributed by atoms with Crippen molar-refractivity contribution in [2.24, 2.45) is 0 Å². The molecular weight excluding hydrogens is 376 g/mol. The zero-order chi connectivity index (χ0) is 17.3. The second kappa shape index (κ2) is 6.79. The molecule has 1 saturated heterocycles. The molecule has 0 radical (unpaired) electrons. The average Bonchev–Trinajstić information content (AvgIpc) is 3.03. The number of piperidine rings is 1. The summed E-state index contributed by atoms with van der Waals surface area (Å²) >= 11 is 3.51. The molecule has 1 N–H and O–H groups in total. The number of carbonyl (C=O) groups is 1. The second-order valence-electron chi connectivity index (χ2n) is 5.80. The number of likely N-dealkylation sites (tertiary alicyclic amines) is 1. The summed E-state index contributed by atoms with van der Waals surface area (Å²) in [7, 11) is 3.39. The number of furan rings is 1. The molecule has 1 fully saturated rings. The molecule has 2 aromatic heterocycles. The molecule has 0 bridgehead atoms. The van der Waals surface area contributed by atoms with Gasteiger partial charge in [-0.05, 0) is 48.9 Å². The lowest BCUT2D eigenvalue weighted by atomic mass is 10.1. The molecule has 2 aromatic rings. The Morgan fingerprint density at radius 1 is 1.54 bits per heavy atom. The predicted octanol–water partition coefficient (Wildman–Crippen LogP) is 2.75. The van der Waals surface area contributed by atoms with E-state index in [9.17, 15) is 4.79 Å². The van der Waals surface area contributed by atoms with Gasteiger partial charge in [-0.3, -0.25) is 0 Å². The van der Waals surface area contributed by atoms with Gasteiger partial charge >= 0.3 is 5.97 Å². The summed E-state index contributed by atoms with van der Waals surface area (Å²) in [5.74, 6) is 0.0783. The molecule has 3 heterocycles. The minimum absolute atomic E-state index is 0.0626. The number of anilines is 1. The summed E-state index contributed by atoms with van der Waals surface area (Å²) < 4.78 is 10.9. The third kappa shape index (κ3) is 3.09. The molecule has 24 heavy (non-hydrogen) atoms. The van der Waals surface area contributed by atoms with Crippen LogP contribution in [0.15, 0.2) is 15.0 Å². The van der Waals surface area contributed by atoms with Crippen molar-refractivity contribution in [2.45, 2.75) is 18.9 Å². The van der Waals surface area contributed by atoms with Gasteiger partial charge in [0.15, 0.2) is 11.3 Å². The number of methoxy groups -OCH3 is 1. The van der Waals surface area contributed by atoms with E-state index < -0.39 is 5.97 Å². The Balaban J connectivity index is 2.02. The third-order valence-electron chi connectivity index (χ3n) is 4.16. The molecule has 1 aliphatic heterocycles. The van der Waals surface area contributed by atoms with Crippen LogP contribution in [0.3, 0.4) is 0 Å². The fourth-order valence-electron chi connectivity index (χ4n) is 2.80. The van der Waals surface area contributed by atoms with E-state index >= 15 is 0 Å². The van der Waals surface area contributed by atoms with Crippen LogP contribution in [0.1, 0.15) is 29.1 Å². The van der Waals surface area contributed by atoms with E-state index in [1.165, 1.54) is 7.11 Å². The first-order chi connectivity index (χ1) is 11.5. The van der Waals surface area contributed by atoms with Gasteiger partial charge in [0.25, 0.3) is 0 Å². The lowest BCUT2D eigenvalue weighted by Gasteiger charge is -2.30. The lowest BCUT2D eigenvalue weighted by molar-refractivity contribution is 0.0595. The number of halogens is 1. The molecule has 0 unspecified atom stereocenters. The van der Waals surface area contributed by atoms with E-state index in [4.69, 9.17) is 14.4 Å². The standard InChI is InChI=1S/C16H17BrN4O3/c1-21-5-3-9(4-6-21)19-15-12(17)11-7-10(8-18)24-14(11)13(20-15)16(22)23-2/h7,9H,3-6H2,1-2H3,(H,19,20). The van der Waals surface area contributed by atoms with Crippen molar-refractivity contribution in [3.05, 3.63) is 22.0 Å². The topological polar surface area (TPSA) is 91.4 Å². The number of ether oxygens (including phenoxy) is 1. The molecule has 0 saturated carbocycles. The zero-order valence-corrected chi connectivity index (χ0v) is 15.0. The molecule has 1 aliphatic rings. The Labute approximate surface area is 147 Å². The van der Waals surface area contributed by atoms with Crippen LogP contribution in [0.4, 0.5) is 5.82 Å². The van der Waals surface area contributed by atoms with Crippen molar-refractivity contribution in [1.29, 1.82) is 5.26 Å². The van der Waals surface area contributed by atoms with Gasteiger partial charge in [0.2, 0.25) is 5.76 Å². The highest BCUT2D eigenvalue weighted by atomic mass is 79.9. The Morgan fingerprint density at radius 2 is 2.25 bits per heavy atom. The van der Waals surface area contributed by atoms with Crippen molar-refractivity contribution >= 4 is 38.7 Å². The number of hydrogen-bond acceptors (Lipinski definition) is 7. The van der Waals surface area contributed by atoms with E-state index in [1.54, 1.807) is 6.07 Å². The van der Waals surface area contributed by atoms with Crippen LogP contribution in [0.2, 0.25) is 0 Å². The number of nitriles is 1. The maximum atomic E-state index is 12.0. The van der Waals surface area contributed by atoms with Crippen LogP contribution < -0.4 is 5.32 Å². The predicted molar refractivity (Wildman–Crippen MR) is 91.9 cm³/mol. The van der Waals surface area contributed by atoms with E-state index in [0.29, 0.717) is 15.7 Å². The number of rotatable bonds is 3. The van der Waals surface area contributed by atoms with Crippen molar-refractivity contribution in [3.63, 3.8) is 0 Å². The smallest absolute Gasteiger partial charge is 0.360 e. The Hall–Kier alpha value is -2.11. The summed E-state index contributed by atoms with van der Waals surface area (Å²) in [6, 6.07) is 3.80. The first kappa shape index (κ1) is 16.7. The number of esters is 1. The highest BCUT2D eigenvalue weighted by Crippen LogP contribution is 2.35.